The first-order valence-electron chi connectivity index (χ1n) is 8.83. The average Bonchev–Trinajstić information content (AvgIpc) is 2.58. The molecule has 0 radical (unpaired) electrons. The second kappa shape index (κ2) is 10.4. The molecule has 0 bridgehead atoms. The predicted molar refractivity (Wildman–Crippen MR) is 102 cm³/mol. The minimum Gasteiger partial charge on any atom is -0.338 e. The van der Waals surface area contributed by atoms with Crippen LogP contribution in [0.3, 0.4) is 0 Å². The van der Waals surface area contributed by atoms with Crippen LogP contribution in [0.2, 0.25) is 0 Å². The molecule has 6 heteroatoms. The fourth-order valence-corrected chi connectivity index (χ4v) is 3.34. The van der Waals surface area contributed by atoms with Gasteiger partial charge in [-0.1, -0.05) is 30.3 Å². The Kier molecular flexibility index (Phi) is 8.93. The lowest BCUT2D eigenvalue weighted by atomic mass is 9.96. The third-order valence-corrected chi connectivity index (χ3v) is 4.73. The molecule has 1 aromatic rings. The van der Waals surface area contributed by atoms with Gasteiger partial charge in [0, 0.05) is 45.1 Å². The first-order chi connectivity index (χ1) is 11.5. The normalized spacial score (nSPS) is 18.2. The van der Waals surface area contributed by atoms with Crippen molar-refractivity contribution in [2.75, 3.05) is 13.1 Å². The molecule has 25 heavy (non-hydrogen) atoms. The van der Waals surface area contributed by atoms with Crippen LogP contribution in [-0.2, 0) is 16.1 Å². The van der Waals surface area contributed by atoms with Gasteiger partial charge in [-0.25, -0.2) is 0 Å². The molecule has 2 rings (SSSR count). The first kappa shape index (κ1) is 21.5. The number of nitrogens with zero attached hydrogens (tertiary/aromatic N) is 2. The summed E-state index contributed by atoms with van der Waals surface area (Å²) >= 11 is 0. The van der Waals surface area contributed by atoms with Gasteiger partial charge in [0.05, 0.1) is 0 Å². The Morgan fingerprint density at radius 2 is 1.96 bits per heavy atom. The van der Waals surface area contributed by atoms with Gasteiger partial charge >= 0.3 is 0 Å². The highest BCUT2D eigenvalue weighted by Crippen LogP contribution is 2.20. The third-order valence-electron chi connectivity index (χ3n) is 4.73. The molecule has 2 unspecified atom stereocenters. The monoisotopic (exact) mass is 367 g/mol. The molecule has 2 atom stereocenters. The Hall–Kier alpha value is -1.59. The van der Waals surface area contributed by atoms with Crippen molar-refractivity contribution in [1.82, 2.24) is 9.80 Å². The van der Waals surface area contributed by atoms with Crippen molar-refractivity contribution in [1.29, 1.82) is 0 Å². The molecule has 1 aliphatic heterocycles. The summed E-state index contributed by atoms with van der Waals surface area (Å²) in [5.74, 6) is 0.102. The van der Waals surface area contributed by atoms with Gasteiger partial charge in [0.2, 0.25) is 11.8 Å². The zero-order valence-corrected chi connectivity index (χ0v) is 16.0. The minimum absolute atomic E-state index is 0. The van der Waals surface area contributed by atoms with E-state index in [1.165, 1.54) is 0 Å². The van der Waals surface area contributed by atoms with E-state index in [1.807, 2.05) is 42.2 Å². The SMILES string of the molecule is CC(=O)N(CCC(=O)N1CCCCC1C(C)N)Cc1ccccc1.Cl. The molecule has 140 valence electrons. The molecule has 1 aliphatic rings. The van der Waals surface area contributed by atoms with Gasteiger partial charge in [0.1, 0.15) is 0 Å². The largest absolute Gasteiger partial charge is 0.338 e. The van der Waals surface area contributed by atoms with Crippen molar-refractivity contribution in [2.45, 2.75) is 58.2 Å². The summed E-state index contributed by atoms with van der Waals surface area (Å²) < 4.78 is 0. The molecular formula is C19H30ClN3O2. The van der Waals surface area contributed by atoms with Gasteiger partial charge in [-0.15, -0.1) is 12.4 Å². The van der Waals surface area contributed by atoms with Crippen molar-refractivity contribution in [3.05, 3.63) is 35.9 Å². The van der Waals surface area contributed by atoms with Gasteiger partial charge in [-0.3, -0.25) is 9.59 Å². The highest BCUT2D eigenvalue weighted by molar-refractivity contribution is 5.85. The summed E-state index contributed by atoms with van der Waals surface area (Å²) in [5, 5.41) is 0. The molecule has 0 spiro atoms. The van der Waals surface area contributed by atoms with Crippen molar-refractivity contribution in [3.8, 4) is 0 Å². The Balaban J connectivity index is 0.00000312. The van der Waals surface area contributed by atoms with Crippen molar-refractivity contribution >= 4 is 24.2 Å². The maximum atomic E-state index is 12.6. The van der Waals surface area contributed by atoms with Crippen LogP contribution >= 0.6 is 12.4 Å². The van der Waals surface area contributed by atoms with Crippen LogP contribution in [0, 0.1) is 0 Å². The molecule has 1 fully saturated rings. The van der Waals surface area contributed by atoms with Crippen LogP contribution < -0.4 is 5.73 Å². The van der Waals surface area contributed by atoms with E-state index < -0.39 is 0 Å². The molecular weight excluding hydrogens is 338 g/mol. The van der Waals surface area contributed by atoms with E-state index in [-0.39, 0.29) is 36.3 Å². The summed E-state index contributed by atoms with van der Waals surface area (Å²) in [6.07, 6.45) is 3.50. The van der Waals surface area contributed by atoms with E-state index in [9.17, 15) is 9.59 Å². The second-order valence-electron chi connectivity index (χ2n) is 6.69. The van der Waals surface area contributed by atoms with Crippen LogP contribution in [0.15, 0.2) is 30.3 Å². The lowest BCUT2D eigenvalue weighted by Crippen LogP contribution is -2.52. The fraction of sp³-hybridized carbons (Fsp3) is 0.579. The molecule has 0 aliphatic carbocycles. The minimum atomic E-state index is -0.0116. The number of carbonyl (C=O) groups excluding carboxylic acids is 2. The van der Waals surface area contributed by atoms with Crippen LogP contribution in [-0.4, -0.2) is 46.8 Å². The fourth-order valence-electron chi connectivity index (χ4n) is 3.34. The summed E-state index contributed by atoms with van der Waals surface area (Å²) in [6.45, 7) is 5.29. The van der Waals surface area contributed by atoms with Crippen LogP contribution in [0.5, 0.6) is 0 Å². The van der Waals surface area contributed by atoms with Crippen molar-refractivity contribution in [2.24, 2.45) is 5.73 Å². The zero-order chi connectivity index (χ0) is 17.5. The summed E-state index contributed by atoms with van der Waals surface area (Å²) in [6, 6.07) is 9.98. The van der Waals surface area contributed by atoms with Crippen LogP contribution in [0.25, 0.3) is 0 Å². The van der Waals surface area contributed by atoms with Gasteiger partial charge in [-0.05, 0) is 31.7 Å². The zero-order valence-electron chi connectivity index (χ0n) is 15.2. The Morgan fingerprint density at radius 3 is 2.56 bits per heavy atom. The Morgan fingerprint density at radius 1 is 1.28 bits per heavy atom. The number of nitrogens with two attached hydrogens (primary N) is 1. The van der Waals surface area contributed by atoms with E-state index in [2.05, 4.69) is 0 Å². The van der Waals surface area contributed by atoms with Crippen LogP contribution in [0.4, 0.5) is 0 Å². The number of benzene rings is 1. The number of hydrogen-bond donors (Lipinski definition) is 1. The number of halogens is 1. The number of rotatable bonds is 6. The van der Waals surface area contributed by atoms with Gasteiger partial charge in [-0.2, -0.15) is 0 Å². The molecule has 0 aromatic heterocycles. The lowest BCUT2D eigenvalue weighted by Gasteiger charge is -2.38. The maximum Gasteiger partial charge on any atom is 0.224 e. The topological polar surface area (TPSA) is 66.6 Å². The summed E-state index contributed by atoms with van der Waals surface area (Å²) in [5.41, 5.74) is 7.12. The van der Waals surface area contributed by atoms with Gasteiger partial charge < -0.3 is 15.5 Å². The summed E-state index contributed by atoms with van der Waals surface area (Å²) in [4.78, 5) is 28.2. The van der Waals surface area contributed by atoms with E-state index in [4.69, 9.17) is 5.73 Å². The predicted octanol–water partition coefficient (Wildman–Crippen LogP) is 2.58. The lowest BCUT2D eigenvalue weighted by molar-refractivity contribution is -0.137. The number of piperidine rings is 1. The molecule has 1 aromatic carbocycles. The highest BCUT2D eigenvalue weighted by atomic mass is 35.5. The van der Waals surface area contributed by atoms with Crippen molar-refractivity contribution in [3.63, 3.8) is 0 Å². The first-order valence-corrected chi connectivity index (χ1v) is 8.83. The van der Waals surface area contributed by atoms with Crippen molar-refractivity contribution < 1.29 is 9.59 Å². The quantitative estimate of drug-likeness (QED) is 0.840. The number of amides is 2. The molecule has 0 saturated carbocycles. The second-order valence-corrected chi connectivity index (χ2v) is 6.69. The smallest absolute Gasteiger partial charge is 0.224 e. The number of hydrogen-bond acceptors (Lipinski definition) is 3. The molecule has 1 heterocycles. The highest BCUT2D eigenvalue weighted by Gasteiger charge is 2.29. The number of carbonyl (C=O) groups is 2. The van der Waals surface area contributed by atoms with E-state index in [1.54, 1.807) is 11.8 Å². The molecule has 1 saturated heterocycles. The Labute approximate surface area is 157 Å². The average molecular weight is 368 g/mol. The summed E-state index contributed by atoms with van der Waals surface area (Å²) in [7, 11) is 0. The van der Waals surface area contributed by atoms with Crippen LogP contribution in [0.1, 0.15) is 45.1 Å². The molecule has 5 nitrogen and oxygen atoms in total. The van der Waals surface area contributed by atoms with E-state index >= 15 is 0 Å². The molecule has 2 N–H and O–H groups in total. The van der Waals surface area contributed by atoms with Gasteiger partial charge in [0.15, 0.2) is 0 Å². The Bertz CT molecular complexity index is 551. The van der Waals surface area contributed by atoms with E-state index in [0.717, 1.165) is 31.4 Å². The maximum absolute atomic E-state index is 12.6. The molecule has 2 amide bonds. The third kappa shape index (κ3) is 6.33. The van der Waals surface area contributed by atoms with E-state index in [0.29, 0.717) is 19.5 Å². The standard InChI is InChI=1S/C19H29N3O2.ClH/c1-15(20)18-10-6-7-12-22(18)19(24)11-13-21(16(2)23)14-17-8-4-3-5-9-17;/h3-5,8-9,15,18H,6-7,10-14,20H2,1-2H3;1H. The van der Waals surface area contributed by atoms with Gasteiger partial charge in [0.25, 0.3) is 0 Å². The number of likely N-dealkylation sites (tertiary alicyclic amines) is 1.